The normalized spacial score (nSPS) is 15.1. The first-order chi connectivity index (χ1) is 15.3. The lowest BCUT2D eigenvalue weighted by molar-refractivity contribution is -0.123. The molecule has 32 heavy (non-hydrogen) atoms. The summed E-state index contributed by atoms with van der Waals surface area (Å²) in [5.41, 5.74) is 2.97. The van der Waals surface area contributed by atoms with E-state index in [1.807, 2.05) is 32.9 Å². The lowest BCUT2D eigenvalue weighted by atomic mass is 9.95. The highest BCUT2D eigenvalue weighted by Gasteiger charge is 2.22. The highest BCUT2D eigenvalue weighted by atomic mass is 32.2. The van der Waals surface area contributed by atoms with Crippen molar-refractivity contribution < 1.29 is 4.79 Å². The van der Waals surface area contributed by atoms with Crippen LogP contribution in [-0.4, -0.2) is 50.1 Å². The Labute approximate surface area is 198 Å². The summed E-state index contributed by atoms with van der Waals surface area (Å²) in [5.74, 6) is 0.0474. The van der Waals surface area contributed by atoms with E-state index < -0.39 is 5.41 Å². The Bertz CT molecular complexity index is 855. The Morgan fingerprint density at radius 3 is 2.41 bits per heavy atom. The lowest BCUT2D eigenvalue weighted by Crippen LogP contribution is -2.46. The average molecular weight is 455 g/mol. The molecule has 0 spiro atoms. The molecule has 1 heterocycles. The second-order valence-electron chi connectivity index (χ2n) is 9.60. The Balaban J connectivity index is 1.33. The summed E-state index contributed by atoms with van der Waals surface area (Å²) in [7, 11) is 0. The second-order valence-corrected chi connectivity index (χ2v) is 10.6. The van der Waals surface area contributed by atoms with Gasteiger partial charge in [-0.3, -0.25) is 14.4 Å². The molecule has 1 saturated heterocycles. The van der Waals surface area contributed by atoms with Gasteiger partial charge in [0.05, 0.1) is 0 Å². The maximum atomic E-state index is 12.3. The lowest BCUT2D eigenvalue weighted by Gasteiger charge is -2.36. The van der Waals surface area contributed by atoms with E-state index in [1.54, 1.807) is 11.9 Å². The van der Waals surface area contributed by atoms with Crippen LogP contribution in [0.15, 0.2) is 53.4 Å². The zero-order valence-corrected chi connectivity index (χ0v) is 20.8. The summed E-state index contributed by atoms with van der Waals surface area (Å²) in [4.78, 5) is 18.5. The van der Waals surface area contributed by atoms with E-state index in [2.05, 4.69) is 63.2 Å². The number of unbranched alkanes of at least 4 members (excludes halogenated alkanes) is 1. The fraction of sp³-hybridized carbons (Fsp3) is 0.500. The summed E-state index contributed by atoms with van der Waals surface area (Å²) >= 11 is 1.72. The zero-order valence-electron chi connectivity index (χ0n) is 20.0. The topological polar surface area (TPSA) is 47.6 Å². The van der Waals surface area contributed by atoms with Gasteiger partial charge >= 0.3 is 0 Å². The standard InChI is InChI=1S/C26H38N4OS/c1-21-10-12-24(13-11-21)32-27-14-5-6-15-29-16-18-30(19-17-29)23-9-7-8-22(20-23)28-25(31)26(2,3)4/h7-13,20,27H,5-6,14-19H2,1-4H3,(H,28,31). The maximum Gasteiger partial charge on any atom is 0.229 e. The van der Waals surface area contributed by atoms with Gasteiger partial charge in [-0.2, -0.15) is 0 Å². The molecule has 1 aliphatic heterocycles. The van der Waals surface area contributed by atoms with Crippen molar-refractivity contribution in [2.24, 2.45) is 5.41 Å². The molecule has 1 amide bonds. The zero-order chi connectivity index (χ0) is 23.0. The van der Waals surface area contributed by atoms with E-state index in [0.717, 1.165) is 45.0 Å². The fourth-order valence-corrected chi connectivity index (χ4v) is 4.29. The molecule has 2 aromatic carbocycles. The largest absolute Gasteiger partial charge is 0.369 e. The molecule has 1 fully saturated rings. The van der Waals surface area contributed by atoms with E-state index in [9.17, 15) is 4.79 Å². The number of benzene rings is 2. The quantitative estimate of drug-likeness (QED) is 0.404. The monoisotopic (exact) mass is 454 g/mol. The third-order valence-corrected chi connectivity index (χ3v) is 6.59. The van der Waals surface area contributed by atoms with Crippen molar-refractivity contribution in [1.29, 1.82) is 0 Å². The number of carbonyl (C=O) groups is 1. The van der Waals surface area contributed by atoms with E-state index in [4.69, 9.17) is 0 Å². The van der Waals surface area contributed by atoms with Gasteiger partial charge < -0.3 is 10.2 Å². The number of hydrogen-bond acceptors (Lipinski definition) is 5. The van der Waals surface area contributed by atoms with Gasteiger partial charge in [-0.15, -0.1) is 0 Å². The van der Waals surface area contributed by atoms with Crippen molar-refractivity contribution in [3.63, 3.8) is 0 Å². The van der Waals surface area contributed by atoms with E-state index >= 15 is 0 Å². The molecule has 2 N–H and O–H groups in total. The highest BCUT2D eigenvalue weighted by Crippen LogP contribution is 2.23. The molecule has 0 aromatic heterocycles. The number of nitrogens with one attached hydrogen (secondary N) is 2. The van der Waals surface area contributed by atoms with E-state index in [1.165, 1.54) is 29.0 Å². The van der Waals surface area contributed by atoms with Crippen LogP contribution in [0, 0.1) is 12.3 Å². The van der Waals surface area contributed by atoms with Crippen molar-refractivity contribution in [2.45, 2.75) is 45.4 Å². The number of rotatable bonds is 9. The Morgan fingerprint density at radius 1 is 1.00 bits per heavy atom. The van der Waals surface area contributed by atoms with Crippen molar-refractivity contribution >= 4 is 29.2 Å². The van der Waals surface area contributed by atoms with E-state index in [-0.39, 0.29) is 5.91 Å². The molecule has 2 aromatic rings. The van der Waals surface area contributed by atoms with Crippen molar-refractivity contribution in [3.05, 3.63) is 54.1 Å². The summed E-state index contributed by atoms with van der Waals surface area (Å²) in [6.07, 6.45) is 2.41. The molecule has 0 aliphatic carbocycles. The van der Waals surface area contributed by atoms with Crippen LogP contribution < -0.4 is 14.9 Å². The van der Waals surface area contributed by atoms with Crippen molar-refractivity contribution in [2.75, 3.05) is 49.5 Å². The minimum atomic E-state index is -0.392. The summed E-state index contributed by atoms with van der Waals surface area (Å²) in [6.45, 7) is 14.3. The van der Waals surface area contributed by atoms with Crippen LogP contribution in [0.3, 0.4) is 0 Å². The van der Waals surface area contributed by atoms with Gasteiger partial charge in [0, 0.05) is 54.4 Å². The molecule has 1 aliphatic rings. The van der Waals surface area contributed by atoms with Crippen molar-refractivity contribution in [1.82, 2.24) is 9.62 Å². The molecule has 5 nitrogen and oxygen atoms in total. The number of nitrogens with zero attached hydrogens (tertiary/aromatic N) is 2. The van der Waals surface area contributed by atoms with Crippen LogP contribution in [0.1, 0.15) is 39.2 Å². The molecule has 0 radical (unpaired) electrons. The Kier molecular flexibility index (Phi) is 9.02. The SMILES string of the molecule is Cc1ccc(SNCCCCN2CCN(c3cccc(NC(=O)C(C)(C)C)c3)CC2)cc1. The molecule has 6 heteroatoms. The first kappa shape index (κ1) is 24.6. The van der Waals surface area contributed by atoms with Gasteiger partial charge in [-0.1, -0.05) is 44.5 Å². The summed E-state index contributed by atoms with van der Waals surface area (Å²) in [6, 6.07) is 16.9. The van der Waals surface area contributed by atoms with Gasteiger partial charge in [0.25, 0.3) is 0 Å². The first-order valence-electron chi connectivity index (χ1n) is 11.7. The molecular formula is C26H38N4OS. The maximum absolute atomic E-state index is 12.3. The second kappa shape index (κ2) is 11.7. The molecule has 0 bridgehead atoms. The van der Waals surface area contributed by atoms with E-state index in [0.29, 0.717) is 0 Å². The number of aryl methyl sites for hydroxylation is 1. The minimum Gasteiger partial charge on any atom is -0.369 e. The van der Waals surface area contributed by atoms with Gasteiger partial charge in [-0.25, -0.2) is 0 Å². The van der Waals surface area contributed by atoms with Crippen LogP contribution in [-0.2, 0) is 4.79 Å². The highest BCUT2D eigenvalue weighted by molar-refractivity contribution is 7.97. The van der Waals surface area contributed by atoms with Crippen LogP contribution in [0.5, 0.6) is 0 Å². The predicted molar refractivity (Wildman–Crippen MR) is 137 cm³/mol. The van der Waals surface area contributed by atoms with Crippen LogP contribution in [0.4, 0.5) is 11.4 Å². The molecule has 0 atom stereocenters. The Morgan fingerprint density at radius 2 is 1.72 bits per heavy atom. The number of hydrogen-bond donors (Lipinski definition) is 2. The third kappa shape index (κ3) is 7.84. The average Bonchev–Trinajstić information content (AvgIpc) is 2.77. The number of carbonyl (C=O) groups excluding carboxylic acids is 1. The van der Waals surface area contributed by atoms with Crippen molar-refractivity contribution in [3.8, 4) is 0 Å². The smallest absolute Gasteiger partial charge is 0.229 e. The number of amides is 1. The molecule has 174 valence electrons. The van der Waals surface area contributed by atoms with Crippen LogP contribution in [0.25, 0.3) is 0 Å². The first-order valence-corrected chi connectivity index (χ1v) is 12.5. The van der Waals surface area contributed by atoms with Gasteiger partial charge in [0.1, 0.15) is 0 Å². The van der Waals surface area contributed by atoms with Gasteiger partial charge in [-0.05, 0) is 68.6 Å². The Hall–Kier alpha value is -2.02. The predicted octanol–water partition coefficient (Wildman–Crippen LogP) is 5.18. The van der Waals surface area contributed by atoms with Gasteiger partial charge in [0.2, 0.25) is 5.91 Å². The fourth-order valence-electron chi connectivity index (χ4n) is 3.60. The number of piperazine rings is 1. The molecule has 0 saturated carbocycles. The minimum absolute atomic E-state index is 0.0474. The third-order valence-electron chi connectivity index (χ3n) is 5.74. The summed E-state index contributed by atoms with van der Waals surface area (Å²) < 4.78 is 3.48. The van der Waals surface area contributed by atoms with Crippen LogP contribution >= 0.6 is 11.9 Å². The molecular weight excluding hydrogens is 416 g/mol. The number of anilines is 2. The molecule has 0 unspecified atom stereocenters. The summed E-state index contributed by atoms with van der Waals surface area (Å²) in [5, 5.41) is 3.04. The van der Waals surface area contributed by atoms with Gasteiger partial charge in [0.15, 0.2) is 0 Å². The van der Waals surface area contributed by atoms with Crippen LogP contribution in [0.2, 0.25) is 0 Å². The molecule has 3 rings (SSSR count).